The normalized spacial score (nSPS) is 12.9. The lowest BCUT2D eigenvalue weighted by atomic mass is 9.84. The Kier molecular flexibility index (Phi) is 6.01. The van der Waals surface area contributed by atoms with Crippen LogP contribution < -0.4 is 10.8 Å². The number of amides is 2. The van der Waals surface area contributed by atoms with Crippen LogP contribution in [0.25, 0.3) is 0 Å². The van der Waals surface area contributed by atoms with Crippen LogP contribution in [-0.2, 0) is 4.79 Å². The minimum Gasteiger partial charge on any atom is -0.346 e. The zero-order chi connectivity index (χ0) is 16.9. The molecule has 122 valence electrons. The zero-order valence-electron chi connectivity index (χ0n) is 13.7. The molecule has 0 saturated carbocycles. The van der Waals surface area contributed by atoms with Crippen molar-refractivity contribution in [3.05, 3.63) is 29.6 Å². The molecule has 0 aliphatic carbocycles. The molecule has 0 aliphatic heterocycles. The number of rotatable bonds is 5. The standard InChI is InChI=1S/C15H24N4O3/c1-15(2,3)13(17-12(20)9-19(4)5)11-7-6-10(8-16-11)14(21)18-22/h6-8,13,22H,9H2,1-5H3,(H,17,20)(H,18,21)/t13-/m1/s1. The summed E-state index contributed by atoms with van der Waals surface area (Å²) < 4.78 is 0. The van der Waals surface area contributed by atoms with E-state index in [0.717, 1.165) is 0 Å². The fourth-order valence-electron chi connectivity index (χ4n) is 2.00. The third-order valence-corrected chi connectivity index (χ3v) is 3.08. The van der Waals surface area contributed by atoms with Crippen molar-refractivity contribution in [3.8, 4) is 0 Å². The van der Waals surface area contributed by atoms with Gasteiger partial charge in [0.1, 0.15) is 0 Å². The Labute approximate surface area is 130 Å². The number of nitrogens with one attached hydrogen (secondary N) is 2. The lowest BCUT2D eigenvalue weighted by molar-refractivity contribution is -0.123. The van der Waals surface area contributed by atoms with Gasteiger partial charge in [0.05, 0.1) is 23.8 Å². The summed E-state index contributed by atoms with van der Waals surface area (Å²) in [6, 6.07) is 2.95. The zero-order valence-corrected chi connectivity index (χ0v) is 13.7. The van der Waals surface area contributed by atoms with E-state index in [-0.39, 0.29) is 29.5 Å². The highest BCUT2D eigenvalue weighted by Crippen LogP contribution is 2.31. The van der Waals surface area contributed by atoms with E-state index in [9.17, 15) is 9.59 Å². The number of aromatic nitrogens is 1. The van der Waals surface area contributed by atoms with Gasteiger partial charge in [-0.2, -0.15) is 0 Å². The Hall–Kier alpha value is -1.99. The summed E-state index contributed by atoms with van der Waals surface area (Å²) in [7, 11) is 3.65. The van der Waals surface area contributed by atoms with E-state index in [0.29, 0.717) is 5.69 Å². The second-order valence-corrected chi connectivity index (χ2v) is 6.52. The van der Waals surface area contributed by atoms with E-state index >= 15 is 0 Å². The average molecular weight is 308 g/mol. The van der Waals surface area contributed by atoms with Gasteiger partial charge in [-0.05, 0) is 31.6 Å². The van der Waals surface area contributed by atoms with Gasteiger partial charge in [-0.3, -0.25) is 19.8 Å². The average Bonchev–Trinajstić information content (AvgIpc) is 2.42. The lowest BCUT2D eigenvalue weighted by Crippen LogP contribution is -2.41. The molecular formula is C15H24N4O3. The van der Waals surface area contributed by atoms with Crippen molar-refractivity contribution in [2.24, 2.45) is 5.41 Å². The second kappa shape index (κ2) is 7.33. The Morgan fingerprint density at radius 1 is 1.32 bits per heavy atom. The molecule has 0 radical (unpaired) electrons. The fraction of sp³-hybridized carbons (Fsp3) is 0.533. The molecule has 0 aliphatic rings. The highest BCUT2D eigenvalue weighted by Gasteiger charge is 2.29. The summed E-state index contributed by atoms with van der Waals surface area (Å²) in [4.78, 5) is 29.4. The van der Waals surface area contributed by atoms with Crippen LogP contribution in [0.4, 0.5) is 0 Å². The van der Waals surface area contributed by atoms with Gasteiger partial charge in [0.25, 0.3) is 5.91 Å². The molecule has 7 heteroatoms. The Bertz CT molecular complexity index is 521. The molecule has 1 rings (SSSR count). The van der Waals surface area contributed by atoms with Crippen LogP contribution >= 0.6 is 0 Å². The predicted molar refractivity (Wildman–Crippen MR) is 82.4 cm³/mol. The molecule has 0 fully saturated rings. The van der Waals surface area contributed by atoms with Gasteiger partial charge in [-0.1, -0.05) is 20.8 Å². The molecule has 3 N–H and O–H groups in total. The molecule has 1 atom stereocenters. The van der Waals surface area contributed by atoms with E-state index in [1.165, 1.54) is 6.20 Å². The highest BCUT2D eigenvalue weighted by molar-refractivity contribution is 5.92. The number of pyridine rings is 1. The highest BCUT2D eigenvalue weighted by atomic mass is 16.5. The quantitative estimate of drug-likeness (QED) is 0.556. The Morgan fingerprint density at radius 3 is 2.36 bits per heavy atom. The molecule has 22 heavy (non-hydrogen) atoms. The number of carbonyl (C=O) groups excluding carboxylic acids is 2. The Balaban J connectivity index is 2.98. The molecule has 0 unspecified atom stereocenters. The van der Waals surface area contributed by atoms with Crippen molar-refractivity contribution in [2.75, 3.05) is 20.6 Å². The van der Waals surface area contributed by atoms with Gasteiger partial charge < -0.3 is 10.2 Å². The number of carbonyl (C=O) groups is 2. The monoisotopic (exact) mass is 308 g/mol. The first-order valence-electron chi connectivity index (χ1n) is 6.99. The van der Waals surface area contributed by atoms with Crippen molar-refractivity contribution in [1.29, 1.82) is 0 Å². The van der Waals surface area contributed by atoms with Crippen molar-refractivity contribution in [3.63, 3.8) is 0 Å². The minimum absolute atomic E-state index is 0.0936. The largest absolute Gasteiger partial charge is 0.346 e. The molecule has 1 aromatic rings. The third-order valence-electron chi connectivity index (χ3n) is 3.08. The summed E-state index contributed by atoms with van der Waals surface area (Å²) in [5, 5.41) is 11.6. The number of hydrogen-bond donors (Lipinski definition) is 3. The summed E-state index contributed by atoms with van der Waals surface area (Å²) in [5.74, 6) is -0.716. The van der Waals surface area contributed by atoms with E-state index < -0.39 is 5.91 Å². The smallest absolute Gasteiger partial charge is 0.276 e. The number of hydroxylamine groups is 1. The van der Waals surface area contributed by atoms with Gasteiger partial charge in [-0.15, -0.1) is 0 Å². The molecule has 1 heterocycles. The van der Waals surface area contributed by atoms with Crippen LogP contribution in [0, 0.1) is 5.41 Å². The maximum absolute atomic E-state index is 12.0. The van der Waals surface area contributed by atoms with E-state index in [1.807, 2.05) is 34.9 Å². The van der Waals surface area contributed by atoms with Crippen molar-refractivity contribution < 1.29 is 14.8 Å². The van der Waals surface area contributed by atoms with Gasteiger partial charge >= 0.3 is 0 Å². The molecule has 7 nitrogen and oxygen atoms in total. The van der Waals surface area contributed by atoms with Gasteiger partial charge in [-0.25, -0.2) is 5.48 Å². The van der Waals surface area contributed by atoms with Crippen LogP contribution in [0.15, 0.2) is 18.3 Å². The SMILES string of the molecule is CN(C)CC(=O)N[C@H](c1ccc(C(=O)NO)cn1)C(C)(C)C. The molecule has 0 bridgehead atoms. The first-order valence-corrected chi connectivity index (χ1v) is 6.99. The Morgan fingerprint density at radius 2 is 1.95 bits per heavy atom. The van der Waals surface area contributed by atoms with Crippen LogP contribution in [-0.4, -0.2) is 47.5 Å². The molecular weight excluding hydrogens is 284 g/mol. The van der Waals surface area contributed by atoms with Gasteiger partial charge in [0.2, 0.25) is 5.91 Å². The molecule has 1 aromatic heterocycles. The van der Waals surface area contributed by atoms with Crippen LogP contribution in [0.5, 0.6) is 0 Å². The summed E-state index contributed by atoms with van der Waals surface area (Å²) in [5.41, 5.74) is 2.23. The van der Waals surface area contributed by atoms with Crippen molar-refractivity contribution in [2.45, 2.75) is 26.8 Å². The van der Waals surface area contributed by atoms with E-state index in [1.54, 1.807) is 22.5 Å². The van der Waals surface area contributed by atoms with Crippen molar-refractivity contribution in [1.82, 2.24) is 20.7 Å². The summed E-state index contributed by atoms with van der Waals surface area (Å²) >= 11 is 0. The molecule has 0 saturated heterocycles. The number of likely N-dealkylation sites (N-methyl/N-ethyl adjacent to an activating group) is 1. The molecule has 2 amide bonds. The topological polar surface area (TPSA) is 94.6 Å². The number of hydrogen-bond acceptors (Lipinski definition) is 5. The van der Waals surface area contributed by atoms with E-state index in [2.05, 4.69) is 10.3 Å². The van der Waals surface area contributed by atoms with E-state index in [4.69, 9.17) is 5.21 Å². The van der Waals surface area contributed by atoms with Crippen molar-refractivity contribution >= 4 is 11.8 Å². The van der Waals surface area contributed by atoms with Gasteiger partial charge in [0.15, 0.2) is 0 Å². The maximum Gasteiger partial charge on any atom is 0.276 e. The summed E-state index contributed by atoms with van der Waals surface area (Å²) in [6.45, 7) is 6.30. The maximum atomic E-state index is 12.0. The number of nitrogens with zero attached hydrogens (tertiary/aromatic N) is 2. The van der Waals surface area contributed by atoms with Crippen LogP contribution in [0.1, 0.15) is 42.9 Å². The van der Waals surface area contributed by atoms with Crippen LogP contribution in [0.2, 0.25) is 0 Å². The summed E-state index contributed by atoms with van der Waals surface area (Å²) in [6.07, 6.45) is 1.37. The molecule has 0 aromatic carbocycles. The minimum atomic E-state index is -0.622. The second-order valence-electron chi connectivity index (χ2n) is 6.52. The predicted octanol–water partition coefficient (Wildman–Crippen LogP) is 0.966. The van der Waals surface area contributed by atoms with Crippen LogP contribution in [0.3, 0.4) is 0 Å². The fourth-order valence-corrected chi connectivity index (χ4v) is 2.00. The molecule has 0 spiro atoms. The third kappa shape index (κ3) is 5.09. The first-order chi connectivity index (χ1) is 10.1. The van der Waals surface area contributed by atoms with Gasteiger partial charge in [0, 0.05) is 6.20 Å². The first kappa shape index (κ1) is 18.1. The lowest BCUT2D eigenvalue weighted by Gasteiger charge is -2.31.